The summed E-state index contributed by atoms with van der Waals surface area (Å²) in [5.74, 6) is 1.51. The first kappa shape index (κ1) is 17.0. The van der Waals surface area contributed by atoms with E-state index in [0.29, 0.717) is 0 Å². The topological polar surface area (TPSA) is 44.7 Å². The van der Waals surface area contributed by atoms with Gasteiger partial charge in [-0.05, 0) is 36.4 Å². The Bertz CT molecular complexity index is 1450. The summed E-state index contributed by atoms with van der Waals surface area (Å²) in [4.78, 5) is 0. The molecule has 0 radical (unpaired) electrons. The van der Waals surface area contributed by atoms with Crippen LogP contribution in [0.2, 0.25) is 0 Å². The lowest BCUT2D eigenvalue weighted by Crippen LogP contribution is -1.93. The summed E-state index contributed by atoms with van der Waals surface area (Å²) in [6.45, 7) is 0. The third kappa shape index (κ3) is 2.22. The summed E-state index contributed by atoms with van der Waals surface area (Å²) in [7, 11) is 3.38. The van der Waals surface area contributed by atoms with Crippen molar-refractivity contribution in [2.45, 2.75) is 0 Å². The Morgan fingerprint density at radius 3 is 1.37 bits per heavy atom. The van der Waals surface area contributed by atoms with Gasteiger partial charge in [0.05, 0.1) is 14.2 Å². The molecule has 0 aliphatic heterocycles. The molecule has 0 saturated heterocycles. The van der Waals surface area contributed by atoms with Crippen LogP contribution in [0.4, 0.5) is 0 Å². The van der Waals surface area contributed by atoms with Gasteiger partial charge in [0.1, 0.15) is 33.8 Å². The molecule has 0 fully saturated rings. The highest BCUT2D eigenvalue weighted by Gasteiger charge is 2.24. The average Bonchev–Trinajstić information content (AvgIpc) is 3.36. The molecule has 0 saturated carbocycles. The summed E-state index contributed by atoms with van der Waals surface area (Å²) in [6.07, 6.45) is 0. The molecule has 4 aromatic carbocycles. The second-order valence-corrected chi connectivity index (χ2v) is 7.23. The zero-order valence-electron chi connectivity index (χ0n) is 16.6. The van der Waals surface area contributed by atoms with Gasteiger partial charge >= 0.3 is 0 Å². The molecule has 4 nitrogen and oxygen atoms in total. The van der Waals surface area contributed by atoms with Gasteiger partial charge in [0.15, 0.2) is 0 Å². The van der Waals surface area contributed by atoms with Crippen molar-refractivity contribution in [2.24, 2.45) is 0 Å². The normalized spacial score (nSPS) is 11.7. The van der Waals surface area contributed by atoms with Crippen molar-refractivity contribution < 1.29 is 18.3 Å². The second kappa shape index (κ2) is 6.29. The van der Waals surface area contributed by atoms with Crippen LogP contribution in [0.15, 0.2) is 81.6 Å². The van der Waals surface area contributed by atoms with Crippen LogP contribution in [0, 0.1) is 0 Å². The predicted octanol–water partition coefficient (Wildman–Crippen LogP) is 7.17. The minimum atomic E-state index is 0.755. The van der Waals surface area contributed by atoms with Crippen LogP contribution in [0.1, 0.15) is 0 Å². The minimum Gasteiger partial charge on any atom is -0.496 e. The van der Waals surface area contributed by atoms with Crippen molar-refractivity contribution >= 4 is 43.9 Å². The van der Waals surface area contributed by atoms with E-state index in [9.17, 15) is 0 Å². The van der Waals surface area contributed by atoms with E-state index < -0.39 is 0 Å². The zero-order chi connectivity index (χ0) is 20.2. The van der Waals surface area contributed by atoms with Crippen molar-refractivity contribution in [1.29, 1.82) is 0 Å². The molecule has 2 aromatic heterocycles. The van der Waals surface area contributed by atoms with Crippen molar-refractivity contribution in [3.8, 4) is 22.6 Å². The molecule has 2 heterocycles. The van der Waals surface area contributed by atoms with Gasteiger partial charge in [-0.1, -0.05) is 36.4 Å². The fourth-order valence-corrected chi connectivity index (χ4v) is 4.43. The maximum absolute atomic E-state index is 6.15. The molecule has 6 aromatic rings. The summed E-state index contributed by atoms with van der Waals surface area (Å²) in [5.41, 5.74) is 5.16. The van der Waals surface area contributed by atoms with Gasteiger partial charge in [0.25, 0.3) is 0 Å². The summed E-state index contributed by atoms with van der Waals surface area (Å²) in [6, 6.07) is 23.9. The Labute approximate surface area is 172 Å². The van der Waals surface area contributed by atoms with Gasteiger partial charge < -0.3 is 18.3 Å². The lowest BCUT2D eigenvalue weighted by Gasteiger charge is -2.15. The van der Waals surface area contributed by atoms with Crippen LogP contribution >= 0.6 is 0 Å². The molecule has 146 valence electrons. The van der Waals surface area contributed by atoms with Crippen LogP contribution in [0.25, 0.3) is 55.0 Å². The standard InChI is InChI=1S/C26H18O4/c1-27-19-11-13-21-23(15-7-3-5-9-17(15)29-21)25(19)26-20(28-2)12-14-22-24(26)16-8-4-6-10-18(16)30-22/h3-14H,1-2H3. The molecular weight excluding hydrogens is 376 g/mol. The van der Waals surface area contributed by atoms with Crippen LogP contribution in [-0.2, 0) is 0 Å². The molecule has 0 atom stereocenters. The monoisotopic (exact) mass is 394 g/mol. The number of ether oxygens (including phenoxy) is 2. The van der Waals surface area contributed by atoms with E-state index >= 15 is 0 Å². The number of benzene rings is 4. The number of hydrogen-bond acceptors (Lipinski definition) is 4. The number of hydrogen-bond donors (Lipinski definition) is 0. The van der Waals surface area contributed by atoms with Gasteiger partial charge in [0, 0.05) is 32.7 Å². The van der Waals surface area contributed by atoms with E-state index in [0.717, 1.165) is 66.5 Å². The second-order valence-electron chi connectivity index (χ2n) is 7.23. The largest absolute Gasteiger partial charge is 0.496 e. The molecule has 0 unspecified atom stereocenters. The van der Waals surface area contributed by atoms with E-state index in [-0.39, 0.29) is 0 Å². The smallest absolute Gasteiger partial charge is 0.136 e. The maximum atomic E-state index is 6.15. The molecule has 6 rings (SSSR count). The van der Waals surface area contributed by atoms with Crippen molar-refractivity contribution in [1.82, 2.24) is 0 Å². The molecule has 0 amide bonds. The maximum Gasteiger partial charge on any atom is 0.136 e. The lowest BCUT2D eigenvalue weighted by molar-refractivity contribution is 0.411. The first-order valence-corrected chi connectivity index (χ1v) is 9.77. The molecule has 0 aliphatic rings. The fraction of sp³-hybridized carbons (Fsp3) is 0.0769. The molecule has 0 aliphatic carbocycles. The highest BCUT2D eigenvalue weighted by molar-refractivity contribution is 6.21. The zero-order valence-corrected chi connectivity index (χ0v) is 16.6. The predicted molar refractivity (Wildman–Crippen MR) is 120 cm³/mol. The lowest BCUT2D eigenvalue weighted by atomic mass is 9.93. The molecule has 0 N–H and O–H groups in total. The van der Waals surface area contributed by atoms with E-state index in [2.05, 4.69) is 12.1 Å². The van der Waals surface area contributed by atoms with Gasteiger partial charge in [-0.2, -0.15) is 0 Å². The van der Waals surface area contributed by atoms with Crippen molar-refractivity contribution in [3.63, 3.8) is 0 Å². The molecule has 0 bridgehead atoms. The third-order valence-corrected chi connectivity index (χ3v) is 5.70. The Kier molecular flexibility index (Phi) is 3.56. The van der Waals surface area contributed by atoms with Crippen molar-refractivity contribution in [3.05, 3.63) is 72.8 Å². The summed E-state index contributed by atoms with van der Waals surface area (Å²) >= 11 is 0. The highest BCUT2D eigenvalue weighted by atomic mass is 16.5. The summed E-state index contributed by atoms with van der Waals surface area (Å²) < 4.78 is 24.0. The molecule has 30 heavy (non-hydrogen) atoms. The van der Waals surface area contributed by atoms with E-state index in [1.807, 2.05) is 60.7 Å². The average molecular weight is 394 g/mol. The molecule has 4 heteroatoms. The Hall–Kier alpha value is -3.92. The van der Waals surface area contributed by atoms with E-state index in [1.54, 1.807) is 14.2 Å². The van der Waals surface area contributed by atoms with Crippen LogP contribution in [0.5, 0.6) is 11.5 Å². The quantitative estimate of drug-likeness (QED) is 0.319. The van der Waals surface area contributed by atoms with Gasteiger partial charge in [-0.15, -0.1) is 0 Å². The van der Waals surface area contributed by atoms with Crippen molar-refractivity contribution in [2.75, 3.05) is 14.2 Å². The number of methoxy groups -OCH3 is 2. The van der Waals surface area contributed by atoms with Crippen LogP contribution < -0.4 is 9.47 Å². The SMILES string of the molecule is COc1ccc2oc3ccccc3c2c1-c1c(OC)ccc2oc3ccccc3c12. The third-order valence-electron chi connectivity index (χ3n) is 5.70. The van der Waals surface area contributed by atoms with E-state index in [1.165, 1.54) is 0 Å². The number of furan rings is 2. The number of rotatable bonds is 3. The minimum absolute atomic E-state index is 0.755. The van der Waals surface area contributed by atoms with Gasteiger partial charge in [-0.25, -0.2) is 0 Å². The van der Waals surface area contributed by atoms with Crippen LogP contribution in [0.3, 0.4) is 0 Å². The fourth-order valence-electron chi connectivity index (χ4n) is 4.43. The summed E-state index contributed by atoms with van der Waals surface area (Å²) in [5, 5.41) is 4.07. The highest BCUT2D eigenvalue weighted by Crippen LogP contribution is 2.49. The molecule has 0 spiro atoms. The Morgan fingerprint density at radius 1 is 0.500 bits per heavy atom. The van der Waals surface area contributed by atoms with Gasteiger partial charge in [0.2, 0.25) is 0 Å². The number of fused-ring (bicyclic) bond motifs is 6. The van der Waals surface area contributed by atoms with Crippen LogP contribution in [-0.4, -0.2) is 14.2 Å². The molecular formula is C26H18O4. The first-order chi connectivity index (χ1) is 14.8. The Morgan fingerprint density at radius 2 is 0.933 bits per heavy atom. The Balaban J connectivity index is 1.89. The van der Waals surface area contributed by atoms with Gasteiger partial charge in [-0.3, -0.25) is 0 Å². The first-order valence-electron chi connectivity index (χ1n) is 9.77. The number of para-hydroxylation sites is 2. The van der Waals surface area contributed by atoms with E-state index in [4.69, 9.17) is 18.3 Å².